The normalized spacial score (nSPS) is 11.9. The smallest absolute Gasteiger partial charge is 0.309 e. The number of aliphatic carboxylic acids is 1. The third-order valence-corrected chi connectivity index (χ3v) is 2.63. The number of carboxylic acid groups (broad SMARTS) is 1. The molecule has 0 aromatic carbocycles. The van der Waals surface area contributed by atoms with Gasteiger partial charge in [-0.15, -0.1) is 0 Å². The molecule has 0 aliphatic heterocycles. The molecule has 6 heteroatoms. The Kier molecular flexibility index (Phi) is 5.95. The van der Waals surface area contributed by atoms with Crippen molar-refractivity contribution in [1.29, 1.82) is 0 Å². The van der Waals surface area contributed by atoms with Crippen LogP contribution in [0.4, 0.5) is 5.69 Å². The standard InChI is InChI=1S/C13H19N3O3/c1-2-3-4-11(14)13(19)16-10-6-5-9(15-8-10)7-12(17)18/h5-6,8,11H,2-4,7,14H2,1H3,(H,16,19)(H,17,18)/t11-/m0/s1. The van der Waals surface area contributed by atoms with Gasteiger partial charge in [0.05, 0.1) is 30.0 Å². The van der Waals surface area contributed by atoms with Crippen LogP contribution < -0.4 is 11.1 Å². The fourth-order valence-electron chi connectivity index (χ4n) is 1.55. The van der Waals surface area contributed by atoms with Gasteiger partial charge >= 0.3 is 5.97 Å². The van der Waals surface area contributed by atoms with Crippen LogP contribution in [0.15, 0.2) is 18.3 Å². The molecule has 4 N–H and O–H groups in total. The van der Waals surface area contributed by atoms with E-state index in [1.165, 1.54) is 6.20 Å². The molecule has 0 saturated heterocycles. The van der Waals surface area contributed by atoms with E-state index >= 15 is 0 Å². The molecule has 0 bridgehead atoms. The largest absolute Gasteiger partial charge is 0.481 e. The number of anilines is 1. The molecule has 1 heterocycles. The number of carbonyl (C=O) groups is 2. The molecule has 1 rings (SSSR count). The van der Waals surface area contributed by atoms with Crippen molar-refractivity contribution in [1.82, 2.24) is 4.98 Å². The molecule has 0 spiro atoms. The number of carbonyl (C=O) groups excluding carboxylic acids is 1. The summed E-state index contributed by atoms with van der Waals surface area (Å²) in [5.41, 5.74) is 6.70. The molecular weight excluding hydrogens is 246 g/mol. The maximum Gasteiger partial charge on any atom is 0.309 e. The van der Waals surface area contributed by atoms with Crippen molar-refractivity contribution in [2.45, 2.75) is 38.6 Å². The maximum atomic E-state index is 11.7. The van der Waals surface area contributed by atoms with Gasteiger partial charge in [0, 0.05) is 0 Å². The zero-order valence-electron chi connectivity index (χ0n) is 10.9. The molecule has 1 atom stereocenters. The summed E-state index contributed by atoms with van der Waals surface area (Å²) in [5, 5.41) is 11.3. The van der Waals surface area contributed by atoms with Crippen molar-refractivity contribution in [3.63, 3.8) is 0 Å². The van der Waals surface area contributed by atoms with Crippen molar-refractivity contribution >= 4 is 17.6 Å². The quantitative estimate of drug-likeness (QED) is 0.686. The van der Waals surface area contributed by atoms with Crippen LogP contribution in [0, 0.1) is 0 Å². The lowest BCUT2D eigenvalue weighted by molar-refractivity contribution is -0.136. The molecule has 0 unspecified atom stereocenters. The molecular formula is C13H19N3O3. The van der Waals surface area contributed by atoms with E-state index in [9.17, 15) is 9.59 Å². The van der Waals surface area contributed by atoms with Gasteiger partial charge in [0.15, 0.2) is 0 Å². The Morgan fingerprint density at radius 3 is 2.74 bits per heavy atom. The van der Waals surface area contributed by atoms with Gasteiger partial charge in [0.1, 0.15) is 0 Å². The number of nitrogens with two attached hydrogens (primary N) is 1. The van der Waals surface area contributed by atoms with Crippen molar-refractivity contribution in [3.8, 4) is 0 Å². The number of amides is 1. The summed E-state index contributed by atoms with van der Waals surface area (Å²) in [6.07, 6.45) is 3.84. The van der Waals surface area contributed by atoms with Crippen molar-refractivity contribution in [2.75, 3.05) is 5.32 Å². The summed E-state index contributed by atoms with van der Waals surface area (Å²) < 4.78 is 0. The molecule has 1 amide bonds. The van der Waals surface area contributed by atoms with E-state index in [0.717, 1.165) is 12.8 Å². The van der Waals surface area contributed by atoms with Crippen LogP contribution in [-0.2, 0) is 16.0 Å². The average Bonchev–Trinajstić information content (AvgIpc) is 2.37. The molecule has 0 radical (unpaired) electrons. The number of nitrogens with one attached hydrogen (secondary N) is 1. The summed E-state index contributed by atoms with van der Waals surface area (Å²) in [4.78, 5) is 26.2. The Balaban J connectivity index is 2.52. The predicted molar refractivity (Wildman–Crippen MR) is 71.7 cm³/mol. The molecule has 104 valence electrons. The number of pyridine rings is 1. The Morgan fingerprint density at radius 2 is 2.21 bits per heavy atom. The molecule has 0 aliphatic rings. The molecule has 1 aromatic heterocycles. The van der Waals surface area contributed by atoms with Crippen molar-refractivity contribution in [2.24, 2.45) is 5.73 Å². The minimum atomic E-state index is -0.939. The number of hydrogen-bond acceptors (Lipinski definition) is 4. The third kappa shape index (κ3) is 5.48. The van der Waals surface area contributed by atoms with E-state index in [2.05, 4.69) is 10.3 Å². The molecule has 19 heavy (non-hydrogen) atoms. The summed E-state index contributed by atoms with van der Waals surface area (Å²) in [5.74, 6) is -1.19. The number of aromatic nitrogens is 1. The summed E-state index contributed by atoms with van der Waals surface area (Å²) >= 11 is 0. The van der Waals surface area contributed by atoms with Gasteiger partial charge in [-0.2, -0.15) is 0 Å². The molecule has 6 nitrogen and oxygen atoms in total. The van der Waals surface area contributed by atoms with E-state index in [1.54, 1.807) is 12.1 Å². The second kappa shape index (κ2) is 7.48. The topological polar surface area (TPSA) is 105 Å². The van der Waals surface area contributed by atoms with Crippen LogP contribution in [0.5, 0.6) is 0 Å². The summed E-state index contributed by atoms with van der Waals surface area (Å²) in [7, 11) is 0. The second-order valence-corrected chi connectivity index (χ2v) is 4.35. The fraction of sp³-hybridized carbons (Fsp3) is 0.462. The lowest BCUT2D eigenvalue weighted by atomic mass is 10.1. The minimum Gasteiger partial charge on any atom is -0.481 e. The van der Waals surface area contributed by atoms with Crippen molar-refractivity contribution < 1.29 is 14.7 Å². The number of carboxylic acids is 1. The highest BCUT2D eigenvalue weighted by Crippen LogP contribution is 2.08. The van der Waals surface area contributed by atoms with E-state index in [1.807, 2.05) is 6.92 Å². The zero-order valence-corrected chi connectivity index (χ0v) is 10.9. The van der Waals surface area contributed by atoms with E-state index in [-0.39, 0.29) is 12.3 Å². The van der Waals surface area contributed by atoms with Crippen LogP contribution in [0.1, 0.15) is 31.9 Å². The minimum absolute atomic E-state index is 0.135. The summed E-state index contributed by atoms with van der Waals surface area (Å²) in [6.45, 7) is 2.04. The first kappa shape index (κ1) is 15.1. The van der Waals surface area contributed by atoms with Crippen LogP contribution >= 0.6 is 0 Å². The van der Waals surface area contributed by atoms with Crippen molar-refractivity contribution in [3.05, 3.63) is 24.0 Å². The van der Waals surface area contributed by atoms with E-state index in [4.69, 9.17) is 10.8 Å². The van der Waals surface area contributed by atoms with E-state index in [0.29, 0.717) is 17.8 Å². The lowest BCUT2D eigenvalue weighted by Crippen LogP contribution is -2.35. The first-order chi connectivity index (χ1) is 9.02. The highest BCUT2D eigenvalue weighted by Gasteiger charge is 2.13. The zero-order chi connectivity index (χ0) is 14.3. The first-order valence-electron chi connectivity index (χ1n) is 6.26. The first-order valence-corrected chi connectivity index (χ1v) is 6.26. The lowest BCUT2D eigenvalue weighted by Gasteiger charge is -2.11. The maximum absolute atomic E-state index is 11.7. The molecule has 1 aromatic rings. The number of nitrogens with zero attached hydrogens (tertiary/aromatic N) is 1. The number of hydrogen-bond donors (Lipinski definition) is 3. The fourth-order valence-corrected chi connectivity index (χ4v) is 1.55. The monoisotopic (exact) mass is 265 g/mol. The Hall–Kier alpha value is -1.95. The molecule has 0 fully saturated rings. The van der Waals surface area contributed by atoms with Gasteiger partial charge in [-0.05, 0) is 18.6 Å². The Morgan fingerprint density at radius 1 is 1.47 bits per heavy atom. The highest BCUT2D eigenvalue weighted by molar-refractivity contribution is 5.94. The molecule has 0 aliphatic carbocycles. The van der Waals surface area contributed by atoms with Gasteiger partial charge in [-0.1, -0.05) is 19.8 Å². The third-order valence-electron chi connectivity index (χ3n) is 2.63. The van der Waals surface area contributed by atoms with E-state index < -0.39 is 12.0 Å². The van der Waals surface area contributed by atoms with Gasteiger partial charge in [-0.25, -0.2) is 0 Å². The van der Waals surface area contributed by atoms with Crippen LogP contribution in [-0.4, -0.2) is 28.0 Å². The van der Waals surface area contributed by atoms with Crippen LogP contribution in [0.3, 0.4) is 0 Å². The summed E-state index contributed by atoms with van der Waals surface area (Å²) in [6, 6.07) is 2.66. The molecule has 0 saturated carbocycles. The van der Waals surface area contributed by atoms with Crippen LogP contribution in [0.25, 0.3) is 0 Å². The second-order valence-electron chi connectivity index (χ2n) is 4.35. The Labute approximate surface area is 112 Å². The van der Waals surface area contributed by atoms with Gasteiger partial charge < -0.3 is 16.2 Å². The van der Waals surface area contributed by atoms with Gasteiger partial charge in [0.2, 0.25) is 5.91 Å². The van der Waals surface area contributed by atoms with Gasteiger partial charge in [0.25, 0.3) is 0 Å². The van der Waals surface area contributed by atoms with Crippen LogP contribution in [0.2, 0.25) is 0 Å². The number of unbranched alkanes of at least 4 members (excludes halogenated alkanes) is 1. The number of rotatable bonds is 7. The average molecular weight is 265 g/mol. The predicted octanol–water partition coefficient (Wildman–Crippen LogP) is 1.16. The van der Waals surface area contributed by atoms with Gasteiger partial charge in [-0.3, -0.25) is 14.6 Å². The Bertz CT molecular complexity index is 431. The SMILES string of the molecule is CCCC[C@H](N)C(=O)Nc1ccc(CC(=O)O)nc1. The highest BCUT2D eigenvalue weighted by atomic mass is 16.4.